The number of hydrogen-bond acceptors (Lipinski definition) is 3. The van der Waals surface area contributed by atoms with Crippen LogP contribution in [0.4, 0.5) is 0 Å². The summed E-state index contributed by atoms with van der Waals surface area (Å²) < 4.78 is 0. The third-order valence-corrected chi connectivity index (χ3v) is 3.69. The molecule has 0 spiro atoms. The van der Waals surface area contributed by atoms with Gasteiger partial charge in [-0.15, -0.1) is 0 Å². The van der Waals surface area contributed by atoms with Gasteiger partial charge in [0.2, 0.25) is 5.91 Å². The third-order valence-electron chi connectivity index (χ3n) is 3.69. The molecule has 1 amide bonds. The zero-order chi connectivity index (χ0) is 12.7. The number of likely N-dealkylation sites (N-methyl/N-ethyl adjacent to an activating group) is 1. The minimum absolute atomic E-state index is 0.124. The van der Waals surface area contributed by atoms with Crippen molar-refractivity contribution in [1.29, 1.82) is 0 Å². The minimum Gasteiger partial charge on any atom is -0.356 e. The van der Waals surface area contributed by atoms with Gasteiger partial charge in [0.15, 0.2) is 0 Å². The van der Waals surface area contributed by atoms with Crippen LogP contribution >= 0.6 is 0 Å². The Morgan fingerprint density at radius 2 is 2.06 bits per heavy atom. The van der Waals surface area contributed by atoms with Crippen LogP contribution in [0.2, 0.25) is 0 Å². The molecule has 0 heterocycles. The first-order chi connectivity index (χ1) is 8.22. The maximum Gasteiger partial charge on any atom is 0.221 e. The third kappa shape index (κ3) is 4.28. The predicted molar refractivity (Wildman–Crippen MR) is 70.8 cm³/mol. The van der Waals surface area contributed by atoms with E-state index in [-0.39, 0.29) is 11.9 Å². The van der Waals surface area contributed by atoms with Crippen LogP contribution in [0.5, 0.6) is 0 Å². The van der Waals surface area contributed by atoms with Gasteiger partial charge in [0.1, 0.15) is 0 Å². The van der Waals surface area contributed by atoms with Crippen molar-refractivity contribution in [1.82, 2.24) is 10.2 Å². The summed E-state index contributed by atoms with van der Waals surface area (Å²) in [5, 5.41) is 2.86. The summed E-state index contributed by atoms with van der Waals surface area (Å²) in [7, 11) is 0. The van der Waals surface area contributed by atoms with Gasteiger partial charge >= 0.3 is 0 Å². The highest BCUT2D eigenvalue weighted by Gasteiger charge is 2.27. The molecule has 4 nitrogen and oxygen atoms in total. The molecule has 17 heavy (non-hydrogen) atoms. The lowest BCUT2D eigenvalue weighted by molar-refractivity contribution is -0.122. The summed E-state index contributed by atoms with van der Waals surface area (Å²) in [6.07, 6.45) is 5.70. The predicted octanol–water partition coefficient (Wildman–Crippen LogP) is 1.10. The molecule has 0 saturated heterocycles. The van der Waals surface area contributed by atoms with E-state index in [0.717, 1.165) is 6.54 Å². The van der Waals surface area contributed by atoms with E-state index >= 15 is 0 Å². The van der Waals surface area contributed by atoms with Crippen LogP contribution in [-0.2, 0) is 4.79 Å². The molecule has 1 saturated carbocycles. The molecule has 1 atom stereocenters. The normalized spacial score (nSPS) is 18.6. The summed E-state index contributed by atoms with van der Waals surface area (Å²) in [5.74, 6) is 0.124. The van der Waals surface area contributed by atoms with E-state index in [9.17, 15) is 4.79 Å². The van der Waals surface area contributed by atoms with Crippen molar-refractivity contribution < 1.29 is 4.79 Å². The van der Waals surface area contributed by atoms with Crippen molar-refractivity contribution in [2.45, 2.75) is 58.0 Å². The Hall–Kier alpha value is -0.610. The molecule has 1 unspecified atom stereocenters. The van der Waals surface area contributed by atoms with Gasteiger partial charge in [-0.25, -0.2) is 0 Å². The van der Waals surface area contributed by atoms with E-state index in [1.165, 1.54) is 25.7 Å². The quantitative estimate of drug-likeness (QED) is 0.702. The number of nitrogens with one attached hydrogen (secondary N) is 1. The van der Waals surface area contributed by atoms with Gasteiger partial charge in [-0.2, -0.15) is 0 Å². The number of rotatable bonds is 7. The van der Waals surface area contributed by atoms with Gasteiger partial charge in [-0.05, 0) is 26.3 Å². The van der Waals surface area contributed by atoms with Crippen molar-refractivity contribution >= 4 is 5.91 Å². The average Bonchev–Trinajstić information content (AvgIpc) is 2.82. The highest BCUT2D eigenvalue weighted by Crippen LogP contribution is 2.25. The molecule has 1 aliphatic carbocycles. The molecule has 0 aromatic rings. The van der Waals surface area contributed by atoms with E-state index < -0.39 is 0 Å². The molecule has 1 rings (SSSR count). The average molecular weight is 241 g/mol. The molecule has 3 N–H and O–H groups in total. The van der Waals surface area contributed by atoms with E-state index in [0.29, 0.717) is 25.6 Å². The van der Waals surface area contributed by atoms with Crippen LogP contribution in [0, 0.1) is 0 Å². The van der Waals surface area contributed by atoms with Crippen LogP contribution in [0.25, 0.3) is 0 Å². The number of nitrogens with zero attached hydrogens (tertiary/aromatic N) is 1. The summed E-state index contributed by atoms with van der Waals surface area (Å²) >= 11 is 0. The van der Waals surface area contributed by atoms with Gasteiger partial charge < -0.3 is 11.1 Å². The van der Waals surface area contributed by atoms with Crippen molar-refractivity contribution in [3.8, 4) is 0 Å². The Morgan fingerprint density at radius 1 is 1.41 bits per heavy atom. The van der Waals surface area contributed by atoms with Gasteiger partial charge in [-0.3, -0.25) is 9.69 Å². The van der Waals surface area contributed by atoms with Gasteiger partial charge in [0.25, 0.3) is 0 Å². The molecule has 1 aliphatic rings. The zero-order valence-corrected chi connectivity index (χ0v) is 11.2. The SMILES string of the molecule is CCNC(=O)CC(CN)N(CC)C1CCCC1. The lowest BCUT2D eigenvalue weighted by Gasteiger charge is -2.34. The Labute approximate surface area is 105 Å². The molecule has 4 heteroatoms. The zero-order valence-electron chi connectivity index (χ0n) is 11.2. The number of hydrogen-bond donors (Lipinski definition) is 2. The van der Waals surface area contributed by atoms with Crippen molar-refractivity contribution in [3.05, 3.63) is 0 Å². The smallest absolute Gasteiger partial charge is 0.221 e. The molecule has 0 aliphatic heterocycles. The largest absolute Gasteiger partial charge is 0.356 e. The minimum atomic E-state index is 0.124. The van der Waals surface area contributed by atoms with Crippen LogP contribution in [0.15, 0.2) is 0 Å². The lowest BCUT2D eigenvalue weighted by Crippen LogP contribution is -2.48. The maximum absolute atomic E-state index is 11.7. The number of carbonyl (C=O) groups excluding carboxylic acids is 1. The fourth-order valence-corrected chi connectivity index (χ4v) is 2.87. The Kier molecular flexibility index (Phi) is 6.52. The highest BCUT2D eigenvalue weighted by molar-refractivity contribution is 5.76. The van der Waals surface area contributed by atoms with Crippen molar-refractivity contribution in [2.75, 3.05) is 19.6 Å². The fourth-order valence-electron chi connectivity index (χ4n) is 2.87. The molecular formula is C13H27N3O. The molecule has 1 fully saturated rings. The van der Waals surface area contributed by atoms with Crippen LogP contribution in [0.1, 0.15) is 46.0 Å². The highest BCUT2D eigenvalue weighted by atomic mass is 16.1. The van der Waals surface area contributed by atoms with E-state index in [4.69, 9.17) is 5.73 Å². The maximum atomic E-state index is 11.7. The Bertz CT molecular complexity index is 227. The summed E-state index contributed by atoms with van der Waals surface area (Å²) in [5.41, 5.74) is 5.84. The first kappa shape index (κ1) is 14.5. The molecule has 0 radical (unpaired) electrons. The molecule has 0 aromatic carbocycles. The van der Waals surface area contributed by atoms with Crippen molar-refractivity contribution in [3.63, 3.8) is 0 Å². The molecule has 100 valence electrons. The number of amides is 1. The molecule has 0 bridgehead atoms. The first-order valence-corrected chi connectivity index (χ1v) is 6.95. The topological polar surface area (TPSA) is 58.4 Å². The second-order valence-corrected chi connectivity index (χ2v) is 4.82. The van der Waals surface area contributed by atoms with E-state index in [1.807, 2.05) is 6.92 Å². The van der Waals surface area contributed by atoms with Crippen LogP contribution in [0.3, 0.4) is 0 Å². The molecular weight excluding hydrogens is 214 g/mol. The summed E-state index contributed by atoms with van der Waals surface area (Å²) in [6.45, 7) is 6.38. The second-order valence-electron chi connectivity index (χ2n) is 4.82. The standard InChI is InChI=1S/C13H27N3O/c1-3-15-13(17)9-12(10-14)16(4-2)11-7-5-6-8-11/h11-12H,3-10,14H2,1-2H3,(H,15,17). The monoisotopic (exact) mass is 241 g/mol. The summed E-state index contributed by atoms with van der Waals surface area (Å²) in [6, 6.07) is 0.845. The van der Waals surface area contributed by atoms with Crippen molar-refractivity contribution in [2.24, 2.45) is 5.73 Å². The van der Waals surface area contributed by atoms with Gasteiger partial charge in [-0.1, -0.05) is 19.8 Å². The molecule has 0 aromatic heterocycles. The van der Waals surface area contributed by atoms with Gasteiger partial charge in [0.05, 0.1) is 0 Å². The van der Waals surface area contributed by atoms with Crippen LogP contribution in [-0.4, -0.2) is 42.5 Å². The number of carbonyl (C=O) groups is 1. The van der Waals surface area contributed by atoms with E-state index in [1.54, 1.807) is 0 Å². The Morgan fingerprint density at radius 3 is 2.53 bits per heavy atom. The van der Waals surface area contributed by atoms with Crippen LogP contribution < -0.4 is 11.1 Å². The summed E-state index contributed by atoms with van der Waals surface area (Å²) in [4.78, 5) is 14.1. The second kappa shape index (κ2) is 7.67. The number of nitrogens with two attached hydrogens (primary N) is 1. The Balaban J connectivity index is 2.52. The first-order valence-electron chi connectivity index (χ1n) is 6.95. The van der Waals surface area contributed by atoms with Gasteiger partial charge in [0, 0.05) is 31.6 Å². The lowest BCUT2D eigenvalue weighted by atomic mass is 10.1. The fraction of sp³-hybridized carbons (Fsp3) is 0.923. The van der Waals surface area contributed by atoms with E-state index in [2.05, 4.69) is 17.1 Å².